The molecule has 1 aliphatic rings. The van der Waals surface area contributed by atoms with Gasteiger partial charge in [-0.25, -0.2) is 13.9 Å². The van der Waals surface area contributed by atoms with E-state index in [1.54, 1.807) is 17.4 Å². The molecule has 5 aromatic rings. The van der Waals surface area contributed by atoms with E-state index in [1.807, 2.05) is 33.8 Å². The van der Waals surface area contributed by atoms with Gasteiger partial charge in [0.1, 0.15) is 17.6 Å². The summed E-state index contributed by atoms with van der Waals surface area (Å²) in [4.78, 5) is 17.1. The predicted octanol–water partition coefficient (Wildman–Crippen LogP) is 7.47. The van der Waals surface area contributed by atoms with E-state index in [0.717, 1.165) is 5.56 Å². The number of anilines is 3. The first kappa shape index (κ1) is 28.7. The number of amides is 1. The number of carbonyl (C=O) groups is 1. The second-order valence-corrected chi connectivity index (χ2v) is 11.6. The number of nitrogens with zero attached hydrogens (tertiary/aromatic N) is 6. The molecule has 0 saturated carbocycles. The van der Waals surface area contributed by atoms with Crippen molar-refractivity contribution in [3.63, 3.8) is 0 Å². The fourth-order valence-corrected chi connectivity index (χ4v) is 6.27. The molecule has 4 heterocycles. The van der Waals surface area contributed by atoms with Crippen molar-refractivity contribution in [2.45, 2.75) is 24.9 Å². The quantitative estimate of drug-likeness (QED) is 0.168. The molecule has 10 nitrogen and oxygen atoms in total. The highest BCUT2D eigenvalue weighted by molar-refractivity contribution is 7.08. The Morgan fingerprint density at radius 1 is 1.16 bits per heavy atom. The first-order chi connectivity index (χ1) is 20.8. The van der Waals surface area contributed by atoms with E-state index in [1.165, 1.54) is 29.3 Å². The summed E-state index contributed by atoms with van der Waals surface area (Å²) in [6, 6.07) is 11.6. The van der Waals surface area contributed by atoms with Crippen LogP contribution in [0.1, 0.15) is 41.7 Å². The predicted molar refractivity (Wildman–Crippen MR) is 164 cm³/mol. The van der Waals surface area contributed by atoms with Gasteiger partial charge < -0.3 is 20.6 Å². The van der Waals surface area contributed by atoms with Gasteiger partial charge in [-0.3, -0.25) is 4.98 Å². The lowest BCUT2D eigenvalue weighted by atomic mass is 10.0. The zero-order valence-electron chi connectivity index (χ0n) is 22.3. The topological polar surface area (TPSA) is 132 Å². The highest BCUT2D eigenvalue weighted by atomic mass is 35.5. The molecule has 2 aromatic carbocycles. The monoisotopic (exact) mass is 636 g/mol. The molecule has 1 saturated heterocycles. The molecule has 1 amide bonds. The first-order valence-electron chi connectivity index (χ1n) is 13.2. The number of thiophene rings is 1. The van der Waals surface area contributed by atoms with Gasteiger partial charge in [0.15, 0.2) is 0 Å². The zero-order valence-corrected chi connectivity index (χ0v) is 24.7. The maximum Gasteiger partial charge on any atom is 0.407 e. The van der Waals surface area contributed by atoms with E-state index in [0.29, 0.717) is 64.6 Å². The van der Waals surface area contributed by atoms with Crippen molar-refractivity contribution in [1.29, 1.82) is 5.26 Å². The summed E-state index contributed by atoms with van der Waals surface area (Å²) >= 11 is 14.3. The van der Waals surface area contributed by atoms with Gasteiger partial charge in [-0.1, -0.05) is 28.4 Å². The Hall–Kier alpha value is -4.44. The second kappa shape index (κ2) is 12.0. The van der Waals surface area contributed by atoms with Crippen LogP contribution in [0.4, 0.5) is 26.2 Å². The Bertz CT molecular complexity index is 1850. The summed E-state index contributed by atoms with van der Waals surface area (Å²) in [6.45, 7) is 0.881. The van der Waals surface area contributed by atoms with Crippen LogP contribution in [0.5, 0.6) is 0 Å². The van der Waals surface area contributed by atoms with E-state index in [-0.39, 0.29) is 22.7 Å². The number of hydrogen-bond donors (Lipinski definition) is 3. The van der Waals surface area contributed by atoms with Gasteiger partial charge in [-0.05, 0) is 65.6 Å². The molecule has 218 valence electrons. The average Bonchev–Trinajstić information content (AvgIpc) is 3.72. The molecule has 14 heteroatoms. The minimum absolute atomic E-state index is 0.0409. The summed E-state index contributed by atoms with van der Waals surface area (Å²) in [7, 11) is 0. The number of piperidine rings is 1. The Morgan fingerprint density at radius 2 is 1.95 bits per heavy atom. The number of carboxylic acid groups (broad SMARTS) is 1. The van der Waals surface area contributed by atoms with Crippen LogP contribution in [0.3, 0.4) is 0 Å². The van der Waals surface area contributed by atoms with E-state index in [4.69, 9.17) is 23.2 Å². The Morgan fingerprint density at radius 3 is 2.65 bits per heavy atom. The van der Waals surface area contributed by atoms with Crippen molar-refractivity contribution in [3.8, 4) is 6.07 Å². The lowest BCUT2D eigenvalue weighted by Gasteiger charge is -2.29. The molecule has 0 bridgehead atoms. The van der Waals surface area contributed by atoms with Gasteiger partial charge in [0, 0.05) is 36.0 Å². The number of pyridine rings is 1. The molecular formula is C29H23Cl2FN8O2S. The van der Waals surface area contributed by atoms with Crippen LogP contribution in [0, 0.1) is 17.1 Å². The molecule has 6 rings (SSSR count). The standard InChI is InChI=1S/C29H23Cl2FN8O2S/c30-22-10-18(1-2-24(22)32)35-26-17(12-33)13-34-28-21(26)9-19(11-23(28)31)36-27(16-5-8-43-15-16)25-14-40(38-37-25)20-3-6-39(7-4-20)29(41)42/h1-2,5,8-11,13-15,20,27,36H,3-4,6-7H2,(H,34,35)(H,41,42). The molecular weight excluding hydrogens is 614 g/mol. The number of hydrogen-bond acceptors (Lipinski definition) is 8. The SMILES string of the molecule is N#Cc1cnc2c(Cl)cc(NC(c3ccsc3)c3cn(C4CCN(C(=O)O)CC4)nn3)cc2c1Nc1ccc(F)c(Cl)c1. The number of nitriles is 1. The lowest BCUT2D eigenvalue weighted by molar-refractivity contribution is 0.123. The number of aromatic nitrogens is 4. The van der Waals surface area contributed by atoms with Crippen LogP contribution in [-0.4, -0.2) is 49.2 Å². The van der Waals surface area contributed by atoms with E-state index >= 15 is 0 Å². The number of nitrogens with one attached hydrogen (secondary N) is 2. The van der Waals surface area contributed by atoms with E-state index in [9.17, 15) is 19.6 Å². The number of rotatable bonds is 7. The molecule has 0 spiro atoms. The van der Waals surface area contributed by atoms with Crippen LogP contribution < -0.4 is 10.6 Å². The molecule has 1 aliphatic heterocycles. The Labute approximate surface area is 259 Å². The fraction of sp³-hybridized carbons (Fsp3) is 0.207. The number of fused-ring (bicyclic) bond motifs is 1. The van der Waals surface area contributed by atoms with Crippen LogP contribution in [0.25, 0.3) is 10.9 Å². The third kappa shape index (κ3) is 5.92. The van der Waals surface area contributed by atoms with Crippen molar-refractivity contribution in [3.05, 3.63) is 92.2 Å². The molecule has 1 atom stereocenters. The van der Waals surface area contributed by atoms with Gasteiger partial charge in [0.05, 0.1) is 45.1 Å². The molecule has 1 unspecified atom stereocenters. The van der Waals surface area contributed by atoms with Crippen LogP contribution >= 0.6 is 34.5 Å². The van der Waals surface area contributed by atoms with Gasteiger partial charge in [0.25, 0.3) is 0 Å². The first-order valence-corrected chi connectivity index (χ1v) is 14.9. The molecule has 0 radical (unpaired) electrons. The maximum absolute atomic E-state index is 13.8. The number of halogens is 3. The highest BCUT2D eigenvalue weighted by Crippen LogP contribution is 2.37. The van der Waals surface area contributed by atoms with Gasteiger partial charge in [0.2, 0.25) is 0 Å². The smallest absolute Gasteiger partial charge is 0.407 e. The minimum Gasteiger partial charge on any atom is -0.465 e. The number of benzene rings is 2. The van der Waals surface area contributed by atoms with Crippen molar-refractivity contribution in [2.24, 2.45) is 0 Å². The second-order valence-electron chi connectivity index (χ2n) is 10.0. The third-order valence-electron chi connectivity index (χ3n) is 7.35. The van der Waals surface area contributed by atoms with Crippen molar-refractivity contribution < 1.29 is 14.3 Å². The van der Waals surface area contributed by atoms with Gasteiger partial charge >= 0.3 is 6.09 Å². The number of likely N-dealkylation sites (tertiary alicyclic amines) is 1. The van der Waals surface area contributed by atoms with Crippen LogP contribution in [-0.2, 0) is 0 Å². The average molecular weight is 638 g/mol. The molecule has 0 aliphatic carbocycles. The summed E-state index contributed by atoms with van der Waals surface area (Å²) in [5.41, 5.74) is 3.99. The zero-order chi connectivity index (χ0) is 30.1. The fourth-order valence-electron chi connectivity index (χ4n) is 5.14. The molecule has 1 fully saturated rings. The molecule has 3 N–H and O–H groups in total. The third-order valence-corrected chi connectivity index (χ3v) is 8.63. The van der Waals surface area contributed by atoms with Gasteiger partial charge in [-0.2, -0.15) is 16.6 Å². The van der Waals surface area contributed by atoms with E-state index in [2.05, 4.69) is 32.0 Å². The Kier molecular flexibility index (Phi) is 8.03. The molecule has 43 heavy (non-hydrogen) atoms. The van der Waals surface area contributed by atoms with Crippen LogP contribution in [0.15, 0.2) is 59.6 Å². The minimum atomic E-state index is -0.912. The van der Waals surface area contributed by atoms with E-state index < -0.39 is 11.9 Å². The summed E-state index contributed by atoms with van der Waals surface area (Å²) in [5, 5.41) is 39.6. The summed E-state index contributed by atoms with van der Waals surface area (Å²) in [6.07, 6.45) is 3.71. The van der Waals surface area contributed by atoms with Crippen molar-refractivity contribution in [1.82, 2.24) is 24.9 Å². The summed E-state index contributed by atoms with van der Waals surface area (Å²) in [5.74, 6) is -0.552. The lowest BCUT2D eigenvalue weighted by Crippen LogP contribution is -2.38. The molecule has 3 aromatic heterocycles. The van der Waals surface area contributed by atoms with Gasteiger partial charge in [-0.15, -0.1) is 5.10 Å². The van der Waals surface area contributed by atoms with Crippen molar-refractivity contribution in [2.75, 3.05) is 23.7 Å². The summed E-state index contributed by atoms with van der Waals surface area (Å²) < 4.78 is 15.6. The van der Waals surface area contributed by atoms with Crippen LogP contribution in [0.2, 0.25) is 10.0 Å². The largest absolute Gasteiger partial charge is 0.465 e. The van der Waals surface area contributed by atoms with Crippen molar-refractivity contribution >= 4 is 68.6 Å². The maximum atomic E-state index is 13.8. The highest BCUT2D eigenvalue weighted by Gasteiger charge is 2.26. The normalized spacial score (nSPS) is 14.4. The Balaban J connectivity index is 1.34.